The number of oxazole rings is 1. The van der Waals surface area contributed by atoms with Gasteiger partial charge in [0.1, 0.15) is 5.82 Å². The van der Waals surface area contributed by atoms with E-state index in [9.17, 15) is 17.6 Å². The fraction of sp³-hybridized carbons (Fsp3) is 0.542. The summed E-state index contributed by atoms with van der Waals surface area (Å²) in [5, 5.41) is 12.7. The first-order valence-corrected chi connectivity index (χ1v) is 12.6. The number of thioether (sulfide) groups is 1. The molecule has 3 aromatic rings. The van der Waals surface area contributed by atoms with Gasteiger partial charge < -0.3 is 14.3 Å². The van der Waals surface area contributed by atoms with Crippen LogP contribution in [-0.2, 0) is 13.2 Å². The van der Waals surface area contributed by atoms with Gasteiger partial charge in [-0.2, -0.15) is 13.2 Å². The van der Waals surface area contributed by atoms with Gasteiger partial charge in [0.2, 0.25) is 5.82 Å². The molecule has 2 heterocycles. The highest BCUT2D eigenvalue weighted by Crippen LogP contribution is 2.64. The second kappa shape index (κ2) is 10.3. The van der Waals surface area contributed by atoms with Crippen LogP contribution in [0.3, 0.4) is 0 Å². The van der Waals surface area contributed by atoms with E-state index < -0.39 is 17.6 Å². The maximum absolute atomic E-state index is 14.4. The summed E-state index contributed by atoms with van der Waals surface area (Å²) in [6.45, 7) is 5.54. The molecule has 4 rings (SSSR count). The predicted molar refractivity (Wildman–Crippen MR) is 126 cm³/mol. The van der Waals surface area contributed by atoms with Gasteiger partial charge >= 0.3 is 6.18 Å². The lowest BCUT2D eigenvalue weighted by Gasteiger charge is -2.17. The first-order chi connectivity index (χ1) is 16.7. The Hall–Kier alpha value is -2.40. The third-order valence-electron chi connectivity index (χ3n) is 6.91. The third-order valence-corrected chi connectivity index (χ3v) is 8.02. The van der Waals surface area contributed by atoms with Crippen LogP contribution in [0, 0.1) is 18.2 Å². The van der Waals surface area contributed by atoms with Crippen LogP contribution in [0.2, 0.25) is 0 Å². The molecule has 0 aliphatic heterocycles. The summed E-state index contributed by atoms with van der Waals surface area (Å²) in [4.78, 5) is 4.09. The van der Waals surface area contributed by atoms with Crippen molar-refractivity contribution in [3.8, 4) is 11.6 Å². The Labute approximate surface area is 205 Å². The minimum atomic E-state index is -4.53. The van der Waals surface area contributed by atoms with Crippen molar-refractivity contribution in [1.82, 2.24) is 25.1 Å². The molecule has 0 spiro atoms. The van der Waals surface area contributed by atoms with Crippen LogP contribution in [0.25, 0.3) is 11.6 Å². The van der Waals surface area contributed by atoms with E-state index in [1.807, 2.05) is 18.5 Å². The maximum Gasteiger partial charge on any atom is 0.416 e. The van der Waals surface area contributed by atoms with Crippen molar-refractivity contribution in [2.45, 2.75) is 56.8 Å². The lowest BCUT2D eigenvalue weighted by atomic mass is 9.92. The minimum absolute atomic E-state index is 0.0229. The van der Waals surface area contributed by atoms with Crippen molar-refractivity contribution in [3.05, 3.63) is 47.2 Å². The second-order valence-electron chi connectivity index (χ2n) is 9.04. The highest BCUT2D eigenvalue weighted by Gasteiger charge is 2.53. The number of aromatic nitrogens is 4. The molecule has 35 heavy (non-hydrogen) atoms. The van der Waals surface area contributed by atoms with Crippen molar-refractivity contribution in [2.24, 2.45) is 12.5 Å². The quantitative estimate of drug-likeness (QED) is 0.194. The Kier molecular flexibility index (Phi) is 7.56. The largest absolute Gasteiger partial charge is 0.440 e. The molecule has 0 unspecified atom stereocenters. The molecule has 190 valence electrons. The summed E-state index contributed by atoms with van der Waals surface area (Å²) in [5.41, 5.74) is 0.187. The lowest BCUT2D eigenvalue weighted by molar-refractivity contribution is -0.137. The molecular weight excluding hydrogens is 482 g/mol. The SMILES string of the molecule is CC[C@@]1(CCNCCCSc2nnc(-c3ocnc3C)n2C)C[C@H]1c1ccc(C(F)(F)F)cc1F. The third kappa shape index (κ3) is 5.55. The molecule has 2 aromatic heterocycles. The Morgan fingerprint density at radius 2 is 2.06 bits per heavy atom. The summed E-state index contributed by atoms with van der Waals surface area (Å²) in [5.74, 6) is 1.36. The van der Waals surface area contributed by atoms with Crippen LogP contribution >= 0.6 is 11.8 Å². The van der Waals surface area contributed by atoms with Crippen molar-refractivity contribution in [2.75, 3.05) is 18.8 Å². The van der Waals surface area contributed by atoms with Crippen LogP contribution in [0.1, 0.15) is 55.3 Å². The van der Waals surface area contributed by atoms with E-state index in [4.69, 9.17) is 4.42 Å². The molecule has 1 saturated carbocycles. The van der Waals surface area contributed by atoms with E-state index in [0.717, 1.165) is 61.4 Å². The van der Waals surface area contributed by atoms with Crippen LogP contribution in [0.4, 0.5) is 17.6 Å². The van der Waals surface area contributed by atoms with Gasteiger partial charge in [-0.3, -0.25) is 0 Å². The van der Waals surface area contributed by atoms with E-state index in [1.165, 1.54) is 12.5 Å². The van der Waals surface area contributed by atoms with E-state index in [2.05, 4.69) is 27.4 Å². The highest BCUT2D eigenvalue weighted by atomic mass is 32.2. The summed E-state index contributed by atoms with van der Waals surface area (Å²) in [7, 11) is 1.90. The Bertz CT molecular complexity index is 1160. The molecule has 0 radical (unpaired) electrons. The van der Waals surface area contributed by atoms with Gasteiger partial charge in [-0.1, -0.05) is 24.8 Å². The number of hydrogen-bond donors (Lipinski definition) is 1. The zero-order valence-electron chi connectivity index (χ0n) is 20.0. The fourth-order valence-corrected chi connectivity index (χ4v) is 5.45. The molecule has 11 heteroatoms. The maximum atomic E-state index is 14.4. The van der Waals surface area contributed by atoms with Crippen molar-refractivity contribution in [1.29, 1.82) is 0 Å². The predicted octanol–water partition coefficient (Wildman–Crippen LogP) is 5.98. The molecular formula is C24H29F4N5OS. The normalized spacial score (nSPS) is 19.9. The minimum Gasteiger partial charge on any atom is -0.440 e. The van der Waals surface area contributed by atoms with Crippen LogP contribution in [0.15, 0.2) is 34.2 Å². The number of nitrogens with zero attached hydrogens (tertiary/aromatic N) is 4. The topological polar surface area (TPSA) is 68.8 Å². The van der Waals surface area contributed by atoms with E-state index in [1.54, 1.807) is 11.8 Å². The van der Waals surface area contributed by atoms with E-state index in [0.29, 0.717) is 23.2 Å². The molecule has 1 aliphatic rings. The van der Waals surface area contributed by atoms with E-state index in [-0.39, 0.29) is 11.3 Å². The standard InChI is InChI=1S/C24H29F4N5OS/c1-4-23(13-18(23)17-7-6-16(12-19(17)25)24(26,27)28)8-10-29-9-5-11-35-22-32-31-21(33(22)3)20-15(2)30-14-34-20/h6-7,12,14,18,29H,4-5,8-11,13H2,1-3H3/t18-,23+/m0/s1. The lowest BCUT2D eigenvalue weighted by Crippen LogP contribution is -2.21. The van der Waals surface area contributed by atoms with Crippen molar-refractivity contribution < 1.29 is 22.0 Å². The smallest absolute Gasteiger partial charge is 0.416 e. The van der Waals surface area contributed by atoms with Crippen LogP contribution < -0.4 is 5.32 Å². The molecule has 1 aliphatic carbocycles. The molecule has 6 nitrogen and oxygen atoms in total. The molecule has 0 bridgehead atoms. The fourth-order valence-electron chi connectivity index (χ4n) is 4.60. The summed E-state index contributed by atoms with van der Waals surface area (Å²) in [6, 6.07) is 2.92. The molecule has 1 aromatic carbocycles. The first-order valence-electron chi connectivity index (χ1n) is 11.7. The Balaban J connectivity index is 1.19. The van der Waals surface area contributed by atoms with Crippen molar-refractivity contribution >= 4 is 11.8 Å². The van der Waals surface area contributed by atoms with Crippen LogP contribution in [0.5, 0.6) is 0 Å². The van der Waals surface area contributed by atoms with Gasteiger partial charge in [0, 0.05) is 12.8 Å². The molecule has 1 N–H and O–H groups in total. The van der Waals surface area contributed by atoms with Gasteiger partial charge in [0.15, 0.2) is 17.3 Å². The summed E-state index contributed by atoms with van der Waals surface area (Å²) in [6.07, 6.45) is 0.342. The molecule has 1 fully saturated rings. The van der Waals surface area contributed by atoms with Crippen LogP contribution in [-0.4, -0.2) is 38.6 Å². The number of hydrogen-bond acceptors (Lipinski definition) is 6. The average Bonchev–Trinajstić information content (AvgIpc) is 3.18. The number of benzene rings is 1. The molecule has 0 saturated heterocycles. The number of rotatable bonds is 11. The zero-order chi connectivity index (χ0) is 25.2. The number of halogens is 4. The Morgan fingerprint density at radius 1 is 1.26 bits per heavy atom. The first kappa shape index (κ1) is 25.7. The zero-order valence-corrected chi connectivity index (χ0v) is 20.8. The van der Waals surface area contributed by atoms with Gasteiger partial charge in [0.05, 0.1) is 11.3 Å². The van der Waals surface area contributed by atoms with E-state index >= 15 is 0 Å². The van der Waals surface area contributed by atoms with Gasteiger partial charge in [-0.05, 0) is 74.7 Å². The molecule has 0 amide bonds. The average molecular weight is 512 g/mol. The van der Waals surface area contributed by atoms with Crippen molar-refractivity contribution in [3.63, 3.8) is 0 Å². The second-order valence-corrected chi connectivity index (χ2v) is 10.1. The number of nitrogens with one attached hydrogen (secondary N) is 1. The highest BCUT2D eigenvalue weighted by molar-refractivity contribution is 7.99. The summed E-state index contributed by atoms with van der Waals surface area (Å²) < 4.78 is 60.2. The Morgan fingerprint density at radius 3 is 2.71 bits per heavy atom. The number of aryl methyl sites for hydroxylation is 1. The summed E-state index contributed by atoms with van der Waals surface area (Å²) >= 11 is 1.62. The number of alkyl halides is 3. The molecule has 2 atom stereocenters. The monoisotopic (exact) mass is 511 g/mol. The van der Waals surface area contributed by atoms with Gasteiger partial charge in [-0.15, -0.1) is 10.2 Å². The van der Waals surface area contributed by atoms with Gasteiger partial charge in [-0.25, -0.2) is 9.37 Å². The van der Waals surface area contributed by atoms with Gasteiger partial charge in [0.25, 0.3) is 0 Å².